The Morgan fingerprint density at radius 2 is 1.57 bits per heavy atom. The van der Waals surface area contributed by atoms with Crippen molar-refractivity contribution < 1.29 is 34.2 Å². The number of aliphatic hydroxyl groups excluding tert-OH is 1. The average molecular weight is 552 g/mol. The molecular formula is C30H37N3O7. The van der Waals surface area contributed by atoms with Crippen LogP contribution in [-0.2, 0) is 19.2 Å². The lowest BCUT2D eigenvalue weighted by Gasteiger charge is -2.36. The van der Waals surface area contributed by atoms with Crippen LogP contribution < -0.4 is 10.8 Å². The molecule has 0 spiro atoms. The highest BCUT2D eigenvalue weighted by molar-refractivity contribution is 6.12. The van der Waals surface area contributed by atoms with E-state index < -0.39 is 41.3 Å². The van der Waals surface area contributed by atoms with E-state index in [2.05, 4.69) is 22.6 Å². The SMILES string of the molecule is CNC(=O)C(C)(C(=O)NOC1CCCCO1)N(C)C(=O)c1ccc(C#Cc2ccc(C(O)C(C)(C)O)cc2)cc1. The van der Waals surface area contributed by atoms with Gasteiger partial charge >= 0.3 is 0 Å². The van der Waals surface area contributed by atoms with Crippen LogP contribution in [0.15, 0.2) is 48.5 Å². The maximum absolute atomic E-state index is 13.3. The molecule has 4 N–H and O–H groups in total. The lowest BCUT2D eigenvalue weighted by Crippen LogP contribution is -2.65. The van der Waals surface area contributed by atoms with Gasteiger partial charge in [0.15, 0.2) is 11.8 Å². The van der Waals surface area contributed by atoms with E-state index in [0.717, 1.165) is 17.7 Å². The molecule has 10 nitrogen and oxygen atoms in total. The second kappa shape index (κ2) is 13.1. The summed E-state index contributed by atoms with van der Waals surface area (Å²) in [6.45, 7) is 4.93. The number of hydroxylamine groups is 1. The lowest BCUT2D eigenvalue weighted by molar-refractivity contribution is -0.204. The predicted molar refractivity (Wildman–Crippen MR) is 148 cm³/mol. The minimum absolute atomic E-state index is 0.262. The van der Waals surface area contributed by atoms with Crippen LogP contribution >= 0.6 is 0 Å². The molecule has 1 aliphatic rings. The molecule has 0 bridgehead atoms. The summed E-state index contributed by atoms with van der Waals surface area (Å²) in [5, 5.41) is 22.6. The molecule has 0 saturated carbocycles. The third kappa shape index (κ3) is 7.25. The zero-order valence-corrected chi connectivity index (χ0v) is 23.5. The average Bonchev–Trinajstić information content (AvgIpc) is 2.97. The van der Waals surface area contributed by atoms with Crippen LogP contribution in [0.1, 0.15) is 73.2 Å². The molecule has 3 amide bonds. The van der Waals surface area contributed by atoms with Crippen molar-refractivity contribution in [3.05, 3.63) is 70.8 Å². The molecule has 0 aromatic heterocycles. The Labute approximate surface area is 234 Å². The van der Waals surface area contributed by atoms with Crippen LogP contribution in [0.2, 0.25) is 0 Å². The summed E-state index contributed by atoms with van der Waals surface area (Å²) >= 11 is 0. The topological polar surface area (TPSA) is 137 Å². The molecule has 2 aromatic carbocycles. The summed E-state index contributed by atoms with van der Waals surface area (Å²) in [4.78, 5) is 45.6. The van der Waals surface area contributed by atoms with Gasteiger partial charge in [-0.05, 0) is 75.6 Å². The molecule has 1 heterocycles. The first kappa shape index (κ1) is 30.8. The first-order chi connectivity index (χ1) is 18.9. The van der Waals surface area contributed by atoms with Gasteiger partial charge < -0.3 is 25.2 Å². The van der Waals surface area contributed by atoms with Crippen molar-refractivity contribution in [3.8, 4) is 11.8 Å². The normalized spacial score (nSPS) is 17.4. The molecule has 1 fully saturated rings. The van der Waals surface area contributed by atoms with E-state index in [9.17, 15) is 24.6 Å². The molecule has 3 rings (SSSR count). The Morgan fingerprint density at radius 3 is 2.08 bits per heavy atom. The number of hydrogen-bond acceptors (Lipinski definition) is 7. The fourth-order valence-electron chi connectivity index (χ4n) is 4.07. The van der Waals surface area contributed by atoms with E-state index in [1.165, 1.54) is 34.9 Å². The van der Waals surface area contributed by atoms with E-state index in [0.29, 0.717) is 29.7 Å². The van der Waals surface area contributed by atoms with Crippen molar-refractivity contribution in [2.24, 2.45) is 0 Å². The number of aliphatic hydroxyl groups is 2. The van der Waals surface area contributed by atoms with E-state index in [1.807, 2.05) is 0 Å². The summed E-state index contributed by atoms with van der Waals surface area (Å²) < 4.78 is 5.44. The standard InChI is InChI=1S/C30H37N3O7/c1-29(2,38)25(34)22-15-11-20(12-16-22)9-10-21-13-17-23(18-14-21)26(35)33(5)30(3,27(36)31-4)28(37)32-40-24-8-6-7-19-39-24/h11-18,24-25,34,38H,6-8,19H2,1-5H3,(H,31,36)(H,32,37). The van der Waals surface area contributed by atoms with Crippen molar-refractivity contribution in [3.63, 3.8) is 0 Å². The van der Waals surface area contributed by atoms with Gasteiger partial charge in [-0.3, -0.25) is 14.4 Å². The first-order valence-corrected chi connectivity index (χ1v) is 13.1. The van der Waals surface area contributed by atoms with Crippen LogP contribution in [0.4, 0.5) is 0 Å². The summed E-state index contributed by atoms with van der Waals surface area (Å²) in [6.07, 6.45) is 0.780. The molecule has 0 radical (unpaired) electrons. The van der Waals surface area contributed by atoms with Gasteiger partial charge in [0.25, 0.3) is 17.7 Å². The molecule has 1 aliphatic heterocycles. The van der Waals surface area contributed by atoms with Crippen LogP contribution in [-0.4, -0.2) is 71.0 Å². The maximum atomic E-state index is 13.3. The highest BCUT2D eigenvalue weighted by Crippen LogP contribution is 2.25. The van der Waals surface area contributed by atoms with Crippen molar-refractivity contribution >= 4 is 17.7 Å². The molecule has 3 unspecified atom stereocenters. The van der Waals surface area contributed by atoms with Crippen molar-refractivity contribution in [2.45, 2.75) is 63.6 Å². The summed E-state index contributed by atoms with van der Waals surface area (Å²) in [7, 11) is 2.76. The maximum Gasteiger partial charge on any atom is 0.279 e. The highest BCUT2D eigenvalue weighted by Gasteiger charge is 2.47. The van der Waals surface area contributed by atoms with Gasteiger partial charge in [-0.15, -0.1) is 0 Å². The summed E-state index contributed by atoms with van der Waals surface area (Å²) in [5.41, 5.74) is 1.32. The smallest absolute Gasteiger partial charge is 0.279 e. The zero-order chi connectivity index (χ0) is 29.5. The van der Waals surface area contributed by atoms with Crippen LogP contribution in [0.25, 0.3) is 0 Å². The largest absolute Gasteiger partial charge is 0.387 e. The van der Waals surface area contributed by atoms with Gasteiger partial charge in [0.2, 0.25) is 0 Å². The fraction of sp³-hybridized carbons (Fsp3) is 0.433. The molecule has 214 valence electrons. The first-order valence-electron chi connectivity index (χ1n) is 13.1. The number of amides is 3. The van der Waals surface area contributed by atoms with Crippen molar-refractivity contribution in [2.75, 3.05) is 20.7 Å². The number of nitrogens with one attached hydrogen (secondary N) is 2. The third-order valence-electron chi connectivity index (χ3n) is 6.89. The molecule has 40 heavy (non-hydrogen) atoms. The fourth-order valence-corrected chi connectivity index (χ4v) is 4.07. The Bertz CT molecular complexity index is 1250. The third-order valence-corrected chi connectivity index (χ3v) is 6.89. The van der Waals surface area contributed by atoms with Gasteiger partial charge in [-0.1, -0.05) is 24.0 Å². The number of likely N-dealkylation sites (N-methyl/N-ethyl adjacent to an activating group) is 2. The molecule has 10 heteroatoms. The predicted octanol–water partition coefficient (Wildman–Crippen LogP) is 2.04. The summed E-state index contributed by atoms with van der Waals surface area (Å²) in [5.74, 6) is 4.00. The number of carbonyl (C=O) groups excluding carboxylic acids is 3. The van der Waals surface area contributed by atoms with E-state index in [1.54, 1.807) is 48.5 Å². The van der Waals surface area contributed by atoms with E-state index in [-0.39, 0.29) is 5.56 Å². The van der Waals surface area contributed by atoms with Gasteiger partial charge in [-0.25, -0.2) is 10.3 Å². The van der Waals surface area contributed by atoms with Gasteiger partial charge in [0.1, 0.15) is 6.10 Å². The van der Waals surface area contributed by atoms with Crippen LogP contribution in [0.3, 0.4) is 0 Å². The minimum Gasteiger partial charge on any atom is -0.387 e. The molecule has 0 aliphatic carbocycles. The number of ether oxygens (including phenoxy) is 1. The van der Waals surface area contributed by atoms with Gasteiger partial charge in [0, 0.05) is 43.8 Å². The van der Waals surface area contributed by atoms with E-state index >= 15 is 0 Å². The number of rotatable bonds is 8. The highest BCUT2D eigenvalue weighted by atomic mass is 16.8. The molecule has 2 aromatic rings. The monoisotopic (exact) mass is 551 g/mol. The molecule has 3 atom stereocenters. The lowest BCUT2D eigenvalue weighted by atomic mass is 9.94. The number of benzene rings is 2. The van der Waals surface area contributed by atoms with Crippen molar-refractivity contribution in [1.82, 2.24) is 15.7 Å². The Morgan fingerprint density at radius 1 is 1.00 bits per heavy atom. The number of carbonyl (C=O) groups is 3. The van der Waals surface area contributed by atoms with Crippen LogP contribution in [0, 0.1) is 11.8 Å². The Balaban J connectivity index is 1.70. The quantitative estimate of drug-likeness (QED) is 0.224. The van der Waals surface area contributed by atoms with E-state index in [4.69, 9.17) is 9.57 Å². The molecular weight excluding hydrogens is 514 g/mol. The zero-order valence-electron chi connectivity index (χ0n) is 23.5. The van der Waals surface area contributed by atoms with Crippen LogP contribution in [0.5, 0.6) is 0 Å². The van der Waals surface area contributed by atoms with Gasteiger partial charge in [0.05, 0.1) is 5.60 Å². The Kier molecular flexibility index (Phi) is 10.1. The second-order valence-electron chi connectivity index (χ2n) is 10.4. The van der Waals surface area contributed by atoms with Crippen molar-refractivity contribution in [1.29, 1.82) is 0 Å². The number of nitrogens with zero attached hydrogens (tertiary/aromatic N) is 1. The summed E-state index contributed by atoms with van der Waals surface area (Å²) in [6, 6.07) is 13.4. The second-order valence-corrected chi connectivity index (χ2v) is 10.4. The van der Waals surface area contributed by atoms with Gasteiger partial charge in [-0.2, -0.15) is 0 Å². The minimum atomic E-state index is -1.90. The molecule has 1 saturated heterocycles. The number of hydrogen-bond donors (Lipinski definition) is 4. The Hall–Kier alpha value is -3.75.